The van der Waals surface area contributed by atoms with Gasteiger partial charge in [0.15, 0.2) is 5.75 Å². The Morgan fingerprint density at radius 1 is 1.04 bits per heavy atom. The van der Waals surface area contributed by atoms with E-state index >= 15 is 0 Å². The van der Waals surface area contributed by atoms with Crippen LogP contribution in [0.4, 0.5) is 0 Å². The summed E-state index contributed by atoms with van der Waals surface area (Å²) in [7, 11) is 0. The van der Waals surface area contributed by atoms with Gasteiger partial charge in [-0.1, -0.05) is 41.4 Å². The number of carboxylic acid groups (broad SMARTS) is 1. The van der Waals surface area contributed by atoms with Crippen molar-refractivity contribution in [2.24, 2.45) is 5.92 Å². The maximum atomic E-state index is 11.2. The van der Waals surface area contributed by atoms with Gasteiger partial charge in [-0.3, -0.25) is 9.48 Å². The van der Waals surface area contributed by atoms with Gasteiger partial charge in [0, 0.05) is 0 Å². The van der Waals surface area contributed by atoms with Crippen LogP contribution in [0.25, 0.3) is 10.9 Å². The van der Waals surface area contributed by atoms with Gasteiger partial charge in [0.05, 0.1) is 32.9 Å². The predicted molar refractivity (Wildman–Crippen MR) is 105 cm³/mol. The topological polar surface area (TPSA) is 64.3 Å². The molecule has 140 valence electrons. The molecule has 0 radical (unpaired) electrons. The summed E-state index contributed by atoms with van der Waals surface area (Å²) in [6.07, 6.45) is 2.85. The third kappa shape index (κ3) is 3.49. The molecule has 3 aromatic rings. The van der Waals surface area contributed by atoms with Crippen molar-refractivity contribution in [3.05, 3.63) is 52.5 Å². The molecule has 1 fully saturated rings. The number of hydrogen-bond acceptors (Lipinski definition) is 3. The van der Waals surface area contributed by atoms with Crippen molar-refractivity contribution >= 4 is 40.1 Å². The molecule has 1 heterocycles. The van der Waals surface area contributed by atoms with Crippen molar-refractivity contribution < 1.29 is 14.6 Å². The van der Waals surface area contributed by atoms with Crippen LogP contribution in [-0.4, -0.2) is 20.9 Å². The number of aliphatic carboxylic acids is 1. The van der Waals surface area contributed by atoms with Crippen LogP contribution in [0.5, 0.6) is 11.6 Å². The molecule has 27 heavy (non-hydrogen) atoms. The van der Waals surface area contributed by atoms with Gasteiger partial charge in [0.1, 0.15) is 0 Å². The van der Waals surface area contributed by atoms with E-state index in [4.69, 9.17) is 33.0 Å². The molecule has 7 heteroatoms. The van der Waals surface area contributed by atoms with Gasteiger partial charge in [0.25, 0.3) is 0 Å². The van der Waals surface area contributed by atoms with E-state index in [-0.39, 0.29) is 12.0 Å². The van der Waals surface area contributed by atoms with Crippen molar-refractivity contribution in [2.75, 3.05) is 0 Å². The first-order valence-corrected chi connectivity index (χ1v) is 9.62. The Kier molecular flexibility index (Phi) is 4.98. The zero-order chi connectivity index (χ0) is 19.0. The van der Waals surface area contributed by atoms with Crippen LogP contribution in [-0.2, 0) is 4.79 Å². The summed E-state index contributed by atoms with van der Waals surface area (Å²) >= 11 is 12.5. The highest BCUT2D eigenvalue weighted by Crippen LogP contribution is 2.40. The van der Waals surface area contributed by atoms with Crippen molar-refractivity contribution in [1.29, 1.82) is 0 Å². The zero-order valence-electron chi connectivity index (χ0n) is 14.4. The Hall–Kier alpha value is -2.24. The predicted octanol–water partition coefficient (Wildman–Crippen LogP) is 5.95. The second-order valence-electron chi connectivity index (χ2n) is 6.76. The number of aromatic nitrogens is 2. The van der Waals surface area contributed by atoms with Crippen LogP contribution < -0.4 is 4.74 Å². The van der Waals surface area contributed by atoms with E-state index in [9.17, 15) is 9.90 Å². The Morgan fingerprint density at radius 3 is 2.37 bits per heavy atom. The first-order valence-electron chi connectivity index (χ1n) is 8.86. The first kappa shape index (κ1) is 18.1. The normalized spacial score (nSPS) is 19.9. The number of carbonyl (C=O) groups is 1. The molecule has 0 unspecified atom stereocenters. The molecular weight excluding hydrogens is 387 g/mol. The Balaban J connectivity index is 1.69. The highest BCUT2D eigenvalue weighted by molar-refractivity contribution is 6.37. The van der Waals surface area contributed by atoms with Gasteiger partial charge in [0.2, 0.25) is 5.88 Å². The number of para-hydroxylation sites is 2. The summed E-state index contributed by atoms with van der Waals surface area (Å²) in [6.45, 7) is 0. The number of ether oxygens (including phenoxy) is 1. The molecule has 1 saturated carbocycles. The molecule has 0 amide bonds. The van der Waals surface area contributed by atoms with Crippen LogP contribution in [0.3, 0.4) is 0 Å². The Morgan fingerprint density at radius 2 is 1.70 bits per heavy atom. The Labute approximate surface area is 166 Å². The fourth-order valence-electron chi connectivity index (χ4n) is 3.66. The van der Waals surface area contributed by atoms with Crippen LogP contribution in [0.15, 0.2) is 42.5 Å². The minimum absolute atomic E-state index is 0.143. The molecule has 0 aliphatic heterocycles. The molecule has 0 atom stereocenters. The second-order valence-corrected chi connectivity index (χ2v) is 7.58. The minimum Gasteiger partial charge on any atom is -0.481 e. The SMILES string of the molecule is O=C(O)C1CCC(n2nc(Oc3c(Cl)cccc3Cl)c3ccccc32)CC1. The lowest BCUT2D eigenvalue weighted by atomic mass is 9.86. The summed E-state index contributed by atoms with van der Waals surface area (Å²) in [5.41, 5.74) is 0.953. The van der Waals surface area contributed by atoms with E-state index in [1.54, 1.807) is 18.2 Å². The van der Waals surface area contributed by atoms with E-state index < -0.39 is 5.97 Å². The molecule has 0 bridgehead atoms. The second kappa shape index (κ2) is 7.41. The summed E-state index contributed by atoms with van der Waals surface area (Å²) in [5, 5.41) is 15.6. The van der Waals surface area contributed by atoms with Gasteiger partial charge in [-0.2, -0.15) is 0 Å². The zero-order valence-corrected chi connectivity index (χ0v) is 16.0. The quantitative estimate of drug-likeness (QED) is 0.583. The molecule has 4 rings (SSSR count). The number of nitrogens with zero attached hydrogens (tertiary/aromatic N) is 2. The molecule has 1 aliphatic rings. The Bertz CT molecular complexity index is 974. The van der Waals surface area contributed by atoms with Crippen LogP contribution >= 0.6 is 23.2 Å². The maximum absolute atomic E-state index is 11.2. The number of halogens is 2. The van der Waals surface area contributed by atoms with Crippen molar-refractivity contribution in [1.82, 2.24) is 9.78 Å². The highest BCUT2D eigenvalue weighted by atomic mass is 35.5. The number of rotatable bonds is 4. The van der Waals surface area contributed by atoms with Gasteiger partial charge in [-0.05, 0) is 49.9 Å². The first-order chi connectivity index (χ1) is 13.0. The molecule has 1 aromatic heterocycles. The molecule has 1 aliphatic carbocycles. The lowest BCUT2D eigenvalue weighted by molar-refractivity contribution is -0.143. The van der Waals surface area contributed by atoms with E-state index in [0.29, 0.717) is 34.5 Å². The van der Waals surface area contributed by atoms with E-state index in [1.165, 1.54) is 0 Å². The summed E-state index contributed by atoms with van der Waals surface area (Å²) in [6, 6.07) is 13.2. The average Bonchev–Trinajstić information content (AvgIpc) is 3.04. The number of benzene rings is 2. The van der Waals surface area contributed by atoms with Crippen LogP contribution in [0.1, 0.15) is 31.7 Å². The summed E-state index contributed by atoms with van der Waals surface area (Å²) in [4.78, 5) is 11.2. The van der Waals surface area contributed by atoms with Crippen LogP contribution in [0, 0.1) is 5.92 Å². The van der Waals surface area contributed by atoms with E-state index in [0.717, 1.165) is 23.7 Å². The molecule has 0 saturated heterocycles. The van der Waals surface area contributed by atoms with Gasteiger partial charge >= 0.3 is 5.97 Å². The third-order valence-electron chi connectivity index (χ3n) is 5.09. The molecular formula is C20H18Cl2N2O3. The number of carboxylic acids is 1. The fraction of sp³-hybridized carbons (Fsp3) is 0.300. The number of hydrogen-bond donors (Lipinski definition) is 1. The summed E-state index contributed by atoms with van der Waals surface area (Å²) < 4.78 is 7.95. The largest absolute Gasteiger partial charge is 0.481 e. The lowest BCUT2D eigenvalue weighted by Crippen LogP contribution is -2.23. The van der Waals surface area contributed by atoms with Crippen LogP contribution in [0.2, 0.25) is 10.0 Å². The molecule has 5 nitrogen and oxygen atoms in total. The van der Waals surface area contributed by atoms with Crippen molar-refractivity contribution in [3.63, 3.8) is 0 Å². The minimum atomic E-state index is -0.712. The summed E-state index contributed by atoms with van der Waals surface area (Å²) in [5.74, 6) is -0.149. The smallest absolute Gasteiger partial charge is 0.306 e. The van der Waals surface area contributed by atoms with Gasteiger partial charge < -0.3 is 9.84 Å². The van der Waals surface area contributed by atoms with Crippen molar-refractivity contribution in [2.45, 2.75) is 31.7 Å². The molecule has 1 N–H and O–H groups in total. The standard InChI is InChI=1S/C20H18Cl2N2O3/c21-15-5-3-6-16(22)18(15)27-19-14-4-1-2-7-17(14)24(23-19)13-10-8-12(9-11-13)20(25)26/h1-7,12-13H,8-11H2,(H,25,26). The lowest BCUT2D eigenvalue weighted by Gasteiger charge is -2.26. The highest BCUT2D eigenvalue weighted by Gasteiger charge is 2.29. The van der Waals surface area contributed by atoms with Gasteiger partial charge in [-0.15, -0.1) is 5.10 Å². The van der Waals surface area contributed by atoms with Crippen molar-refractivity contribution in [3.8, 4) is 11.6 Å². The number of fused-ring (bicyclic) bond motifs is 1. The molecule has 0 spiro atoms. The monoisotopic (exact) mass is 404 g/mol. The van der Waals surface area contributed by atoms with E-state index in [2.05, 4.69) is 0 Å². The molecule has 2 aromatic carbocycles. The average molecular weight is 405 g/mol. The van der Waals surface area contributed by atoms with Gasteiger partial charge in [-0.25, -0.2) is 0 Å². The van der Waals surface area contributed by atoms with E-state index in [1.807, 2.05) is 28.9 Å². The third-order valence-corrected chi connectivity index (χ3v) is 5.68. The maximum Gasteiger partial charge on any atom is 0.306 e. The fourth-order valence-corrected chi connectivity index (χ4v) is 4.13.